The summed E-state index contributed by atoms with van der Waals surface area (Å²) in [6, 6.07) is 6.51. The lowest BCUT2D eigenvalue weighted by atomic mass is 10.1. The van der Waals surface area contributed by atoms with E-state index in [0.29, 0.717) is 0 Å². The fourth-order valence-electron chi connectivity index (χ4n) is 3.03. The number of hydrogen-bond acceptors (Lipinski definition) is 2. The van der Waals surface area contributed by atoms with Crippen LogP contribution in [-0.4, -0.2) is 22.3 Å². The predicted octanol–water partition coefficient (Wildman–Crippen LogP) is 6.26. The number of unbranched alkanes of at least 4 members (excludes halogenated alkanes) is 7. The van der Waals surface area contributed by atoms with E-state index in [-0.39, 0.29) is 11.9 Å². The maximum Gasteiger partial charge on any atom is 0.123 e. The van der Waals surface area contributed by atoms with E-state index in [1.165, 1.54) is 57.1 Å². The van der Waals surface area contributed by atoms with E-state index in [1.807, 2.05) is 16.8 Å². The predicted molar refractivity (Wildman–Crippen MR) is 110 cm³/mol. The molecule has 0 aliphatic heterocycles. The minimum Gasteiger partial charge on any atom is -0.372 e. The van der Waals surface area contributed by atoms with Crippen LogP contribution in [0.3, 0.4) is 0 Å². The number of imidazole rings is 1. The molecule has 1 heterocycles. The Labute approximate surface area is 163 Å². The summed E-state index contributed by atoms with van der Waals surface area (Å²) in [4.78, 5) is 4.10. The number of nitrogens with zero attached hydrogens (tertiary/aromatic N) is 2. The second-order valence-electron chi connectivity index (χ2n) is 7.05. The van der Waals surface area contributed by atoms with E-state index in [4.69, 9.17) is 4.74 Å². The third kappa shape index (κ3) is 9.53. The SMILES string of the molecule is CCCCCCCCCCOC(/C=C/c1ccc(F)cc1)Cn1ccnc1. The van der Waals surface area contributed by atoms with Gasteiger partial charge in [-0.05, 0) is 24.1 Å². The Balaban J connectivity index is 1.72. The number of hydrogen-bond donors (Lipinski definition) is 0. The molecule has 0 aliphatic rings. The van der Waals surface area contributed by atoms with Gasteiger partial charge in [0.15, 0.2) is 0 Å². The number of benzene rings is 1. The highest BCUT2D eigenvalue weighted by Gasteiger charge is 2.06. The van der Waals surface area contributed by atoms with Crippen molar-refractivity contribution in [2.24, 2.45) is 0 Å². The van der Waals surface area contributed by atoms with E-state index in [1.54, 1.807) is 24.7 Å². The summed E-state index contributed by atoms with van der Waals surface area (Å²) in [5.74, 6) is -0.215. The average molecular weight is 373 g/mol. The standard InChI is InChI=1S/C23H33FN2O/c1-2-3-4-5-6-7-8-9-18-27-23(19-26-17-16-25-20-26)15-12-21-10-13-22(24)14-11-21/h10-17,20,23H,2-9,18-19H2,1H3/b15-12+. The normalized spacial score (nSPS) is 12.7. The molecule has 3 nitrogen and oxygen atoms in total. The van der Waals surface area contributed by atoms with Crippen molar-refractivity contribution < 1.29 is 9.13 Å². The molecule has 1 aromatic heterocycles. The van der Waals surface area contributed by atoms with Crippen molar-refractivity contribution in [3.05, 3.63) is 60.4 Å². The van der Waals surface area contributed by atoms with Gasteiger partial charge in [-0.2, -0.15) is 0 Å². The second kappa shape index (κ2) is 13.3. The highest BCUT2D eigenvalue weighted by Crippen LogP contribution is 2.11. The molecule has 1 atom stereocenters. The molecule has 0 bridgehead atoms. The maximum atomic E-state index is 13.0. The number of aromatic nitrogens is 2. The molecule has 0 saturated carbocycles. The largest absolute Gasteiger partial charge is 0.372 e. The van der Waals surface area contributed by atoms with Gasteiger partial charge in [-0.1, -0.05) is 76.2 Å². The lowest BCUT2D eigenvalue weighted by Gasteiger charge is -2.15. The molecule has 0 fully saturated rings. The summed E-state index contributed by atoms with van der Waals surface area (Å²) in [5.41, 5.74) is 0.975. The van der Waals surface area contributed by atoms with Crippen molar-refractivity contribution >= 4 is 6.08 Å². The van der Waals surface area contributed by atoms with Gasteiger partial charge in [0.1, 0.15) is 5.82 Å². The quantitative estimate of drug-likeness (QED) is 0.366. The Kier molecular flexibility index (Phi) is 10.5. The van der Waals surface area contributed by atoms with Crippen LogP contribution in [0, 0.1) is 5.82 Å². The first-order chi connectivity index (χ1) is 13.3. The zero-order valence-corrected chi connectivity index (χ0v) is 16.5. The molecule has 1 unspecified atom stereocenters. The van der Waals surface area contributed by atoms with Gasteiger partial charge in [0.05, 0.1) is 19.0 Å². The second-order valence-corrected chi connectivity index (χ2v) is 7.05. The first-order valence-electron chi connectivity index (χ1n) is 10.3. The van der Waals surface area contributed by atoms with Gasteiger partial charge in [0, 0.05) is 19.0 Å². The van der Waals surface area contributed by atoms with Crippen LogP contribution < -0.4 is 0 Å². The number of halogens is 1. The highest BCUT2D eigenvalue weighted by molar-refractivity contribution is 5.49. The summed E-state index contributed by atoms with van der Waals surface area (Å²) in [6.45, 7) is 3.75. The van der Waals surface area contributed by atoms with E-state index in [2.05, 4.69) is 18.0 Å². The van der Waals surface area contributed by atoms with Gasteiger partial charge >= 0.3 is 0 Å². The van der Waals surface area contributed by atoms with Crippen LogP contribution in [-0.2, 0) is 11.3 Å². The first kappa shape index (κ1) is 21.4. The number of rotatable bonds is 14. The van der Waals surface area contributed by atoms with Crippen LogP contribution in [0.1, 0.15) is 63.9 Å². The zero-order valence-electron chi connectivity index (χ0n) is 16.5. The van der Waals surface area contributed by atoms with Crippen molar-refractivity contribution in [3.8, 4) is 0 Å². The smallest absolute Gasteiger partial charge is 0.123 e. The molecule has 0 N–H and O–H groups in total. The minimum atomic E-state index is -0.215. The summed E-state index contributed by atoms with van der Waals surface area (Å²) in [6.07, 6.45) is 19.9. The van der Waals surface area contributed by atoms with Crippen LogP contribution in [0.5, 0.6) is 0 Å². The third-order valence-corrected chi connectivity index (χ3v) is 4.65. The van der Waals surface area contributed by atoms with Crippen LogP contribution >= 0.6 is 0 Å². The van der Waals surface area contributed by atoms with Crippen molar-refractivity contribution in [1.82, 2.24) is 9.55 Å². The zero-order chi connectivity index (χ0) is 19.2. The fraction of sp³-hybridized carbons (Fsp3) is 0.522. The average Bonchev–Trinajstić information content (AvgIpc) is 3.19. The molecule has 2 rings (SSSR count). The van der Waals surface area contributed by atoms with Gasteiger partial charge in [-0.25, -0.2) is 9.37 Å². The van der Waals surface area contributed by atoms with Crippen molar-refractivity contribution in [2.45, 2.75) is 70.9 Å². The summed E-state index contributed by atoms with van der Waals surface area (Å²) < 4.78 is 21.2. The highest BCUT2D eigenvalue weighted by atomic mass is 19.1. The Morgan fingerprint density at radius 2 is 1.74 bits per heavy atom. The lowest BCUT2D eigenvalue weighted by molar-refractivity contribution is 0.0710. The minimum absolute atomic E-state index is 0.0196. The van der Waals surface area contributed by atoms with Crippen LogP contribution in [0.4, 0.5) is 4.39 Å². The molecule has 27 heavy (non-hydrogen) atoms. The van der Waals surface area contributed by atoms with Crippen molar-refractivity contribution in [1.29, 1.82) is 0 Å². The Bertz CT molecular complexity index is 622. The maximum absolute atomic E-state index is 13.0. The lowest BCUT2D eigenvalue weighted by Crippen LogP contribution is -2.18. The monoisotopic (exact) mass is 372 g/mol. The van der Waals surface area contributed by atoms with Gasteiger partial charge < -0.3 is 9.30 Å². The van der Waals surface area contributed by atoms with Crippen molar-refractivity contribution in [2.75, 3.05) is 6.61 Å². The Hall–Kier alpha value is -1.94. The van der Waals surface area contributed by atoms with Gasteiger partial charge in [-0.15, -0.1) is 0 Å². The molecule has 0 spiro atoms. The molecule has 0 aliphatic carbocycles. The van der Waals surface area contributed by atoms with Crippen molar-refractivity contribution in [3.63, 3.8) is 0 Å². The number of ether oxygens (including phenoxy) is 1. The van der Waals surface area contributed by atoms with Crippen LogP contribution in [0.2, 0.25) is 0 Å². The van der Waals surface area contributed by atoms with Gasteiger partial charge in [0.2, 0.25) is 0 Å². The van der Waals surface area contributed by atoms with E-state index >= 15 is 0 Å². The first-order valence-corrected chi connectivity index (χ1v) is 10.3. The van der Waals surface area contributed by atoms with Crippen LogP contribution in [0.15, 0.2) is 49.1 Å². The van der Waals surface area contributed by atoms with Gasteiger partial charge in [0.25, 0.3) is 0 Å². The molecule has 0 radical (unpaired) electrons. The Morgan fingerprint density at radius 3 is 2.41 bits per heavy atom. The molecule has 148 valence electrons. The summed E-state index contributed by atoms with van der Waals surface area (Å²) in [7, 11) is 0. The molecule has 0 saturated heterocycles. The van der Waals surface area contributed by atoms with Crippen LogP contribution in [0.25, 0.3) is 6.08 Å². The van der Waals surface area contributed by atoms with Gasteiger partial charge in [-0.3, -0.25) is 0 Å². The molecule has 0 amide bonds. The molecular weight excluding hydrogens is 339 g/mol. The fourth-order valence-corrected chi connectivity index (χ4v) is 3.03. The molecule has 1 aromatic carbocycles. The van der Waals surface area contributed by atoms with E-state index in [9.17, 15) is 4.39 Å². The van der Waals surface area contributed by atoms with E-state index < -0.39 is 0 Å². The summed E-state index contributed by atoms with van der Waals surface area (Å²) in [5, 5.41) is 0. The molecular formula is C23H33FN2O. The summed E-state index contributed by atoms with van der Waals surface area (Å²) >= 11 is 0. The molecule has 4 heteroatoms. The van der Waals surface area contributed by atoms with E-state index in [0.717, 1.165) is 25.1 Å². The Morgan fingerprint density at radius 1 is 1.04 bits per heavy atom. The topological polar surface area (TPSA) is 27.1 Å². The molecule has 2 aromatic rings. The third-order valence-electron chi connectivity index (χ3n) is 4.65.